The summed E-state index contributed by atoms with van der Waals surface area (Å²) in [5.41, 5.74) is 4.42. The van der Waals surface area contributed by atoms with Crippen molar-refractivity contribution in [3.05, 3.63) is 41.0 Å². The molecule has 2 N–H and O–H groups in total. The Kier molecular flexibility index (Phi) is 7.64. The molecule has 1 fully saturated rings. The standard InChI is InChI=1S/C19H27NO.C5H8O3/c1-13(2)7-9-20-10-8-19(4)14(3)18(20)11-15-5-6-16(21)12-17(15)19;1-4(6)2-3-5(7)8/h5-7,12,14,18,21H,8-11H2,1-4H3;2-3H2,1H3,(H,7,8). The molecule has 0 spiro atoms. The molecule has 0 amide bonds. The lowest BCUT2D eigenvalue weighted by Gasteiger charge is -2.54. The maximum atomic E-state index is 10.1. The van der Waals surface area contributed by atoms with E-state index in [0.29, 0.717) is 17.7 Å². The summed E-state index contributed by atoms with van der Waals surface area (Å²) in [4.78, 5) is 22.5. The Hall–Kier alpha value is -2.14. The predicted octanol–water partition coefficient (Wildman–Crippen LogP) is 4.32. The van der Waals surface area contributed by atoms with Crippen molar-refractivity contribution in [2.24, 2.45) is 5.92 Å². The smallest absolute Gasteiger partial charge is 0.303 e. The third-order valence-electron chi connectivity index (χ3n) is 6.53. The van der Waals surface area contributed by atoms with Crippen LogP contribution in [-0.4, -0.2) is 46.0 Å². The summed E-state index contributed by atoms with van der Waals surface area (Å²) in [6.45, 7) is 12.7. The molecule has 1 aromatic rings. The highest BCUT2D eigenvalue weighted by Gasteiger charge is 2.48. The lowest BCUT2D eigenvalue weighted by molar-refractivity contribution is -0.138. The highest BCUT2D eigenvalue weighted by Crippen LogP contribution is 2.49. The number of carbonyl (C=O) groups is 2. The summed E-state index contributed by atoms with van der Waals surface area (Å²) in [5.74, 6) is 0.0475. The largest absolute Gasteiger partial charge is 0.508 e. The first kappa shape index (κ1) is 23.1. The van der Waals surface area contributed by atoms with Crippen LogP contribution in [0.3, 0.4) is 0 Å². The Bertz CT molecular complexity index is 767. The highest BCUT2D eigenvalue weighted by molar-refractivity contribution is 5.80. The van der Waals surface area contributed by atoms with Gasteiger partial charge in [-0.15, -0.1) is 0 Å². The van der Waals surface area contributed by atoms with Crippen molar-refractivity contribution in [3.8, 4) is 5.75 Å². The van der Waals surface area contributed by atoms with Crippen LogP contribution in [0, 0.1) is 5.92 Å². The van der Waals surface area contributed by atoms with Crippen molar-refractivity contribution in [2.45, 2.75) is 71.8 Å². The molecule has 2 aliphatic rings. The number of hydrogen-bond acceptors (Lipinski definition) is 4. The summed E-state index contributed by atoms with van der Waals surface area (Å²) >= 11 is 0. The first-order chi connectivity index (χ1) is 13.5. The molecule has 0 aromatic heterocycles. The minimum absolute atomic E-state index is 0.0463. The quantitative estimate of drug-likeness (QED) is 0.719. The topological polar surface area (TPSA) is 77.8 Å². The number of nitrogens with zero attached hydrogens (tertiary/aromatic N) is 1. The number of fused-ring (bicyclic) bond motifs is 4. The number of hydrogen-bond donors (Lipinski definition) is 2. The van der Waals surface area contributed by atoms with Gasteiger partial charge in [0.2, 0.25) is 0 Å². The summed E-state index contributed by atoms with van der Waals surface area (Å²) in [5, 5.41) is 17.9. The Morgan fingerprint density at radius 2 is 1.93 bits per heavy atom. The number of likely N-dealkylation sites (tertiary alicyclic amines) is 1. The minimum atomic E-state index is -0.916. The van der Waals surface area contributed by atoms with Crippen molar-refractivity contribution in [3.63, 3.8) is 0 Å². The zero-order chi connectivity index (χ0) is 21.8. The van der Waals surface area contributed by atoms with Gasteiger partial charge in [0.25, 0.3) is 0 Å². The van der Waals surface area contributed by atoms with Crippen molar-refractivity contribution in [1.29, 1.82) is 0 Å². The van der Waals surface area contributed by atoms with Crippen LogP contribution in [0.2, 0.25) is 0 Å². The monoisotopic (exact) mass is 401 g/mol. The molecule has 1 saturated heterocycles. The Balaban J connectivity index is 0.000000321. The molecule has 5 nitrogen and oxygen atoms in total. The first-order valence-electron chi connectivity index (χ1n) is 10.5. The number of aliphatic carboxylic acids is 1. The van der Waals surface area contributed by atoms with E-state index in [1.165, 1.54) is 30.0 Å². The molecule has 1 aliphatic heterocycles. The number of carboxylic acid groups (broad SMARTS) is 1. The van der Waals surface area contributed by atoms with Gasteiger partial charge < -0.3 is 15.0 Å². The second kappa shape index (κ2) is 9.57. The number of ketones is 1. The minimum Gasteiger partial charge on any atom is -0.508 e. The van der Waals surface area contributed by atoms with Crippen LogP contribution in [0.5, 0.6) is 5.75 Å². The highest BCUT2D eigenvalue weighted by atomic mass is 16.4. The molecular weight excluding hydrogens is 366 g/mol. The fraction of sp³-hybridized carbons (Fsp3) is 0.583. The number of phenolic OH excluding ortho intramolecular Hbond substituents is 1. The number of rotatable bonds is 5. The van der Waals surface area contributed by atoms with E-state index >= 15 is 0 Å². The van der Waals surface area contributed by atoms with E-state index in [0.717, 1.165) is 19.5 Å². The van der Waals surface area contributed by atoms with E-state index in [1.54, 1.807) is 0 Å². The SMILES string of the molecule is CC(=O)CCC(=O)O.CC(C)=CCN1CCC2(C)c3cc(O)ccc3CC1C2C. The van der Waals surface area contributed by atoms with Crippen LogP contribution in [0.4, 0.5) is 0 Å². The van der Waals surface area contributed by atoms with Crippen molar-refractivity contribution >= 4 is 11.8 Å². The number of Topliss-reactive ketones (excluding diaryl/α,β-unsaturated/α-hetero) is 1. The Morgan fingerprint density at radius 1 is 1.24 bits per heavy atom. The van der Waals surface area contributed by atoms with Gasteiger partial charge >= 0.3 is 5.97 Å². The fourth-order valence-corrected chi connectivity index (χ4v) is 4.50. The van der Waals surface area contributed by atoms with Gasteiger partial charge in [0, 0.05) is 19.0 Å². The van der Waals surface area contributed by atoms with E-state index in [-0.39, 0.29) is 24.0 Å². The molecule has 1 aliphatic carbocycles. The third kappa shape index (κ3) is 5.69. The molecule has 3 atom stereocenters. The normalized spacial score (nSPS) is 25.3. The molecule has 1 heterocycles. The van der Waals surface area contributed by atoms with Crippen LogP contribution in [0.1, 0.15) is 65.0 Å². The third-order valence-corrected chi connectivity index (χ3v) is 6.53. The van der Waals surface area contributed by atoms with Gasteiger partial charge in [0.15, 0.2) is 0 Å². The second-order valence-corrected chi connectivity index (χ2v) is 8.94. The predicted molar refractivity (Wildman–Crippen MR) is 115 cm³/mol. The lowest BCUT2D eigenvalue weighted by atomic mass is 9.59. The molecular formula is C24H35NO4. The molecule has 1 aromatic carbocycles. The number of benzene rings is 1. The summed E-state index contributed by atoms with van der Waals surface area (Å²) in [6.07, 6.45) is 4.74. The maximum Gasteiger partial charge on any atom is 0.303 e. The molecule has 3 rings (SSSR count). The molecule has 160 valence electrons. The van der Waals surface area contributed by atoms with Crippen LogP contribution in [-0.2, 0) is 21.4 Å². The number of phenols is 1. The van der Waals surface area contributed by atoms with E-state index in [4.69, 9.17) is 5.11 Å². The summed E-state index contributed by atoms with van der Waals surface area (Å²) < 4.78 is 0. The summed E-state index contributed by atoms with van der Waals surface area (Å²) in [7, 11) is 0. The van der Waals surface area contributed by atoms with Gasteiger partial charge in [-0.25, -0.2) is 0 Å². The van der Waals surface area contributed by atoms with E-state index < -0.39 is 5.97 Å². The van der Waals surface area contributed by atoms with Crippen molar-refractivity contribution in [2.75, 3.05) is 13.1 Å². The number of aromatic hydroxyl groups is 1. The number of carbonyl (C=O) groups excluding carboxylic acids is 1. The van der Waals surface area contributed by atoms with Gasteiger partial charge in [-0.05, 0) is 74.8 Å². The molecule has 29 heavy (non-hydrogen) atoms. The van der Waals surface area contributed by atoms with Crippen LogP contribution < -0.4 is 0 Å². The molecule has 3 unspecified atom stereocenters. The molecule has 0 radical (unpaired) electrons. The van der Waals surface area contributed by atoms with Gasteiger partial charge in [0.1, 0.15) is 11.5 Å². The maximum absolute atomic E-state index is 10.1. The van der Waals surface area contributed by atoms with Crippen molar-refractivity contribution in [1.82, 2.24) is 4.90 Å². The zero-order valence-electron chi connectivity index (χ0n) is 18.4. The molecule has 2 bridgehead atoms. The van der Waals surface area contributed by atoms with Gasteiger partial charge in [-0.2, -0.15) is 0 Å². The number of allylic oxidation sites excluding steroid dienone is 1. The Morgan fingerprint density at radius 3 is 2.48 bits per heavy atom. The average molecular weight is 402 g/mol. The van der Waals surface area contributed by atoms with E-state index in [1.807, 2.05) is 12.1 Å². The lowest BCUT2D eigenvalue weighted by Crippen LogP contribution is -2.57. The van der Waals surface area contributed by atoms with Crippen LogP contribution >= 0.6 is 0 Å². The Labute approximate surface area is 174 Å². The summed E-state index contributed by atoms with van der Waals surface area (Å²) in [6, 6.07) is 6.60. The van der Waals surface area contributed by atoms with Crippen molar-refractivity contribution < 1.29 is 19.8 Å². The molecule has 5 heteroatoms. The molecule has 0 saturated carbocycles. The van der Waals surface area contributed by atoms with Crippen LogP contribution in [0.15, 0.2) is 29.8 Å². The van der Waals surface area contributed by atoms with Gasteiger partial charge in [-0.1, -0.05) is 31.6 Å². The zero-order valence-corrected chi connectivity index (χ0v) is 18.4. The number of piperidine rings is 1. The second-order valence-electron chi connectivity index (χ2n) is 8.94. The van der Waals surface area contributed by atoms with E-state index in [2.05, 4.69) is 44.7 Å². The van der Waals surface area contributed by atoms with Gasteiger partial charge in [-0.3, -0.25) is 9.69 Å². The average Bonchev–Trinajstić information content (AvgIpc) is 2.63. The number of carboxylic acids is 1. The fourth-order valence-electron chi connectivity index (χ4n) is 4.50. The van der Waals surface area contributed by atoms with Crippen LogP contribution in [0.25, 0.3) is 0 Å². The van der Waals surface area contributed by atoms with Gasteiger partial charge in [0.05, 0.1) is 6.42 Å². The first-order valence-corrected chi connectivity index (χ1v) is 10.5. The van der Waals surface area contributed by atoms with E-state index in [9.17, 15) is 14.7 Å².